The smallest absolute Gasteiger partial charge is 0.266 e. The highest BCUT2D eigenvalue weighted by molar-refractivity contribution is 7.92. The number of halogens is 2. The van der Waals surface area contributed by atoms with Crippen LogP contribution < -0.4 is 4.90 Å². The topological polar surface area (TPSA) is 87.0 Å². The first-order valence-electron chi connectivity index (χ1n) is 11.9. The largest absolute Gasteiger partial charge is 0.383 e. The summed E-state index contributed by atoms with van der Waals surface area (Å²) in [5, 5.41) is 0.991. The molecule has 1 fully saturated rings. The van der Waals surface area contributed by atoms with E-state index < -0.39 is 15.7 Å². The lowest BCUT2D eigenvalue weighted by Crippen LogP contribution is -2.25. The molecule has 2 aromatic carbocycles. The molecule has 36 heavy (non-hydrogen) atoms. The molecule has 0 spiro atoms. The number of benzene rings is 2. The molecule has 0 aliphatic carbocycles. The number of methoxy groups -OCH3 is 1. The van der Waals surface area contributed by atoms with E-state index in [-0.39, 0.29) is 25.3 Å². The molecular weight excluding hydrogens is 484 g/mol. The van der Waals surface area contributed by atoms with Gasteiger partial charge >= 0.3 is 0 Å². The van der Waals surface area contributed by atoms with Gasteiger partial charge in [-0.1, -0.05) is 18.2 Å². The Labute approximate surface area is 209 Å². The van der Waals surface area contributed by atoms with Gasteiger partial charge in [0.05, 0.1) is 22.9 Å². The number of nitrogens with zero attached hydrogens (tertiary/aromatic N) is 3. The van der Waals surface area contributed by atoms with Crippen LogP contribution >= 0.6 is 0 Å². The van der Waals surface area contributed by atoms with Crippen LogP contribution in [0.15, 0.2) is 65.8 Å². The van der Waals surface area contributed by atoms with E-state index in [1.54, 1.807) is 36.4 Å². The average molecular weight is 514 g/mol. The van der Waals surface area contributed by atoms with Crippen LogP contribution in [0.5, 0.6) is 0 Å². The monoisotopic (exact) mass is 513 g/mol. The lowest BCUT2D eigenvalue weighted by atomic mass is 10.1. The summed E-state index contributed by atoms with van der Waals surface area (Å²) in [6.07, 6.45) is 3.70. The van der Waals surface area contributed by atoms with E-state index in [0.717, 1.165) is 22.4 Å². The van der Waals surface area contributed by atoms with Crippen molar-refractivity contribution >= 4 is 26.3 Å². The first-order valence-corrected chi connectivity index (χ1v) is 13.6. The van der Waals surface area contributed by atoms with Crippen molar-refractivity contribution in [1.29, 1.82) is 4.78 Å². The lowest BCUT2D eigenvalue weighted by molar-refractivity contribution is 0.0257. The van der Waals surface area contributed by atoms with Crippen LogP contribution in [0.25, 0.3) is 22.2 Å². The second-order valence-corrected chi connectivity index (χ2v) is 11.4. The van der Waals surface area contributed by atoms with E-state index >= 15 is 0 Å². The molecule has 0 bridgehead atoms. The molecule has 3 heterocycles. The molecule has 10 heteroatoms. The number of aromatic amines is 1. The Kier molecular flexibility index (Phi) is 6.57. The molecule has 2 N–H and O–H groups in total. The third-order valence-corrected chi connectivity index (χ3v) is 8.42. The zero-order chi connectivity index (χ0) is 25.3. The Morgan fingerprint density at radius 3 is 2.81 bits per heavy atom. The van der Waals surface area contributed by atoms with E-state index in [2.05, 4.69) is 9.97 Å². The summed E-state index contributed by atoms with van der Waals surface area (Å²) in [5.41, 5.74) is 2.98. The SMILES string of the molecule is COCCn1ccnc1CCS(=N)(=O)c1ccc(N2CCC(F)(F)C2)c(-c2cc3ccccc3[nH]2)c1. The van der Waals surface area contributed by atoms with Crippen LogP contribution in [0.1, 0.15) is 12.2 Å². The van der Waals surface area contributed by atoms with Gasteiger partial charge in [0.2, 0.25) is 0 Å². The Morgan fingerprint density at radius 1 is 1.22 bits per heavy atom. The number of hydrogen-bond donors (Lipinski definition) is 2. The van der Waals surface area contributed by atoms with Crippen molar-refractivity contribution in [2.75, 3.05) is 37.5 Å². The molecule has 4 aromatic rings. The Hall–Kier alpha value is -3.24. The summed E-state index contributed by atoms with van der Waals surface area (Å²) in [6, 6.07) is 14.8. The maximum absolute atomic E-state index is 14.1. The number of nitrogens with one attached hydrogen (secondary N) is 2. The van der Waals surface area contributed by atoms with Gasteiger partial charge in [0.1, 0.15) is 5.82 Å². The maximum atomic E-state index is 14.1. The molecular formula is C26H29F2N5O2S. The number of H-pyrrole nitrogens is 1. The molecule has 0 amide bonds. The highest BCUT2D eigenvalue weighted by Crippen LogP contribution is 2.39. The molecule has 1 aliphatic heterocycles. The van der Waals surface area contributed by atoms with Crippen LogP contribution in [0.2, 0.25) is 0 Å². The summed E-state index contributed by atoms with van der Waals surface area (Å²) in [6.45, 7) is 1.04. The van der Waals surface area contributed by atoms with Gasteiger partial charge in [-0.25, -0.2) is 22.8 Å². The molecule has 1 atom stereocenters. The first-order chi connectivity index (χ1) is 17.3. The molecule has 1 saturated heterocycles. The molecule has 7 nitrogen and oxygen atoms in total. The summed E-state index contributed by atoms with van der Waals surface area (Å²) in [5.74, 6) is -1.90. The molecule has 5 rings (SSSR count). The average Bonchev–Trinajstić information content (AvgIpc) is 3.58. The number of hydrogen-bond acceptors (Lipinski definition) is 5. The number of fused-ring (bicyclic) bond motifs is 1. The van der Waals surface area contributed by atoms with Gasteiger partial charge in [0.25, 0.3) is 5.92 Å². The van der Waals surface area contributed by atoms with Crippen LogP contribution in [-0.2, 0) is 27.4 Å². The number of imidazole rings is 1. The van der Waals surface area contributed by atoms with Crippen molar-refractivity contribution in [2.45, 2.75) is 30.2 Å². The third kappa shape index (κ3) is 5.01. The normalized spacial score (nSPS) is 17.0. The van der Waals surface area contributed by atoms with Crippen LogP contribution in [-0.4, -0.2) is 57.2 Å². The van der Waals surface area contributed by atoms with E-state index in [0.29, 0.717) is 35.7 Å². The Bertz CT molecular complexity index is 1450. The standard InChI is InChI=1S/C26H29F2N5O2S/c1-35-14-13-32-12-10-30-25(32)8-15-36(29,34)20-6-7-24(33-11-9-26(27,28)18-33)21(17-20)23-16-19-4-2-3-5-22(19)31-23/h2-7,10,12,16-17,29,31H,8-9,11,13-15,18H2,1H3. The van der Waals surface area contributed by atoms with Gasteiger partial charge < -0.3 is 19.2 Å². The van der Waals surface area contributed by atoms with E-state index in [1.165, 1.54) is 0 Å². The van der Waals surface area contributed by atoms with Gasteiger partial charge in [-0.3, -0.25) is 0 Å². The van der Waals surface area contributed by atoms with Crippen LogP contribution in [0, 0.1) is 4.78 Å². The molecule has 0 saturated carbocycles. The van der Waals surface area contributed by atoms with Crippen molar-refractivity contribution in [2.24, 2.45) is 0 Å². The molecule has 190 valence electrons. The molecule has 1 unspecified atom stereocenters. The van der Waals surface area contributed by atoms with Crippen molar-refractivity contribution in [3.63, 3.8) is 0 Å². The maximum Gasteiger partial charge on any atom is 0.266 e. The highest BCUT2D eigenvalue weighted by atomic mass is 32.2. The van der Waals surface area contributed by atoms with Gasteiger partial charge in [-0.05, 0) is 30.3 Å². The minimum Gasteiger partial charge on any atom is -0.383 e. The number of ether oxygens (including phenoxy) is 1. The highest BCUT2D eigenvalue weighted by Gasteiger charge is 2.39. The number of para-hydroxylation sites is 1. The minimum atomic E-state index is -3.16. The van der Waals surface area contributed by atoms with Crippen molar-refractivity contribution in [3.8, 4) is 11.3 Å². The summed E-state index contributed by atoms with van der Waals surface area (Å²) in [4.78, 5) is 9.76. The van der Waals surface area contributed by atoms with Crippen molar-refractivity contribution in [3.05, 3.63) is 66.7 Å². The fourth-order valence-corrected chi connectivity index (χ4v) is 5.99. The fourth-order valence-electron chi connectivity index (χ4n) is 4.69. The second-order valence-electron chi connectivity index (χ2n) is 9.14. The number of rotatable bonds is 9. The molecule has 1 aliphatic rings. The number of aryl methyl sites for hydroxylation is 1. The summed E-state index contributed by atoms with van der Waals surface area (Å²) < 4.78 is 57.4. The van der Waals surface area contributed by atoms with Crippen molar-refractivity contribution < 1.29 is 17.7 Å². The minimum absolute atomic E-state index is 0.101. The number of aromatic nitrogens is 3. The zero-order valence-corrected chi connectivity index (χ0v) is 20.9. The molecule has 2 aromatic heterocycles. The van der Waals surface area contributed by atoms with E-state index in [1.807, 2.05) is 41.1 Å². The second kappa shape index (κ2) is 9.67. The Balaban J connectivity index is 1.48. The fraction of sp³-hybridized carbons (Fsp3) is 0.346. The summed E-state index contributed by atoms with van der Waals surface area (Å²) >= 11 is 0. The van der Waals surface area contributed by atoms with E-state index in [4.69, 9.17) is 9.52 Å². The Morgan fingerprint density at radius 2 is 2.06 bits per heavy atom. The van der Waals surface area contributed by atoms with Gasteiger partial charge in [0.15, 0.2) is 0 Å². The number of alkyl halides is 2. The number of anilines is 1. The van der Waals surface area contributed by atoms with Gasteiger partial charge in [-0.15, -0.1) is 0 Å². The van der Waals surface area contributed by atoms with Crippen LogP contribution in [0.4, 0.5) is 14.5 Å². The summed E-state index contributed by atoms with van der Waals surface area (Å²) in [7, 11) is -1.53. The lowest BCUT2D eigenvalue weighted by Gasteiger charge is -2.22. The first kappa shape index (κ1) is 24.5. The van der Waals surface area contributed by atoms with E-state index in [9.17, 15) is 13.0 Å². The zero-order valence-electron chi connectivity index (χ0n) is 20.0. The third-order valence-electron chi connectivity index (χ3n) is 6.63. The predicted octanol–water partition coefficient (Wildman–Crippen LogP) is 5.17. The predicted molar refractivity (Wildman–Crippen MR) is 137 cm³/mol. The quantitative estimate of drug-likeness (QED) is 0.323. The molecule has 0 radical (unpaired) electrons. The van der Waals surface area contributed by atoms with Gasteiger partial charge in [-0.2, -0.15) is 0 Å². The van der Waals surface area contributed by atoms with Crippen LogP contribution in [0.3, 0.4) is 0 Å². The van der Waals surface area contributed by atoms with Crippen molar-refractivity contribution in [1.82, 2.24) is 14.5 Å². The van der Waals surface area contributed by atoms with Gasteiger partial charge in [0, 0.05) is 83.9 Å².